The maximum absolute atomic E-state index is 5.65. The lowest BCUT2D eigenvalue weighted by Gasteiger charge is -2.04. The topological polar surface area (TPSA) is 63.3 Å². The van der Waals surface area contributed by atoms with Crippen molar-refractivity contribution in [3.8, 4) is 0 Å². The van der Waals surface area contributed by atoms with Crippen molar-refractivity contribution in [3.05, 3.63) is 42.2 Å². The molecule has 0 aliphatic heterocycles. The van der Waals surface area contributed by atoms with Gasteiger partial charge in [0, 0.05) is 18.9 Å². The molecule has 15 heavy (non-hydrogen) atoms. The fourth-order valence-electron chi connectivity index (χ4n) is 0.965. The van der Waals surface area contributed by atoms with E-state index in [1.165, 1.54) is 0 Å². The Morgan fingerprint density at radius 2 is 2.47 bits per heavy atom. The van der Waals surface area contributed by atoms with Crippen molar-refractivity contribution in [3.63, 3.8) is 0 Å². The van der Waals surface area contributed by atoms with Crippen molar-refractivity contribution in [2.45, 2.75) is 13.5 Å². The number of nitrogens with zero attached hydrogens (tertiary/aromatic N) is 2. The molecule has 0 fully saturated rings. The van der Waals surface area contributed by atoms with Crippen LogP contribution in [0.15, 0.2) is 41.7 Å². The summed E-state index contributed by atoms with van der Waals surface area (Å²) in [6.07, 6.45) is 3.51. The predicted molar refractivity (Wildman–Crippen MR) is 62.4 cm³/mol. The molecule has 0 unspecified atom stereocenters. The average molecular weight is 204 g/mol. The summed E-state index contributed by atoms with van der Waals surface area (Å²) in [5.74, 6) is 0.432. The van der Waals surface area contributed by atoms with Gasteiger partial charge in [-0.1, -0.05) is 18.2 Å². The third-order valence-electron chi connectivity index (χ3n) is 1.73. The standard InChI is InChI=1S/C11H16N4/c1-9(2)6-14-11(12)15-8-10-4-3-5-13-7-10/h3-5,7H,1,6,8H2,2H3,(H3,12,14,15). The summed E-state index contributed by atoms with van der Waals surface area (Å²) < 4.78 is 0. The van der Waals surface area contributed by atoms with Crippen molar-refractivity contribution >= 4 is 5.96 Å². The molecular weight excluding hydrogens is 188 g/mol. The highest BCUT2D eigenvalue weighted by molar-refractivity contribution is 5.78. The van der Waals surface area contributed by atoms with Crippen LogP contribution in [0.5, 0.6) is 0 Å². The second-order valence-corrected chi connectivity index (χ2v) is 3.37. The van der Waals surface area contributed by atoms with E-state index in [9.17, 15) is 0 Å². The predicted octanol–water partition coefficient (Wildman–Crippen LogP) is 1.06. The van der Waals surface area contributed by atoms with E-state index in [1.807, 2.05) is 19.1 Å². The molecule has 4 heteroatoms. The number of pyridine rings is 1. The van der Waals surface area contributed by atoms with Gasteiger partial charge < -0.3 is 11.1 Å². The van der Waals surface area contributed by atoms with Crippen molar-refractivity contribution < 1.29 is 0 Å². The number of rotatable bonds is 4. The molecule has 0 aliphatic carbocycles. The third kappa shape index (κ3) is 4.81. The van der Waals surface area contributed by atoms with Gasteiger partial charge in [0.2, 0.25) is 0 Å². The minimum atomic E-state index is 0.432. The lowest BCUT2D eigenvalue weighted by Crippen LogP contribution is -2.32. The zero-order valence-corrected chi connectivity index (χ0v) is 8.90. The van der Waals surface area contributed by atoms with Gasteiger partial charge in [0.1, 0.15) is 0 Å². The maximum Gasteiger partial charge on any atom is 0.189 e. The van der Waals surface area contributed by atoms with Gasteiger partial charge >= 0.3 is 0 Å². The van der Waals surface area contributed by atoms with Crippen LogP contribution in [0.1, 0.15) is 12.5 Å². The first kappa shape index (κ1) is 11.2. The van der Waals surface area contributed by atoms with Crippen LogP contribution in [-0.2, 0) is 6.54 Å². The minimum Gasteiger partial charge on any atom is -0.370 e. The largest absolute Gasteiger partial charge is 0.370 e. The number of hydrogen-bond donors (Lipinski definition) is 2. The Morgan fingerprint density at radius 1 is 1.67 bits per heavy atom. The van der Waals surface area contributed by atoms with Crippen LogP contribution in [0.4, 0.5) is 0 Å². The summed E-state index contributed by atoms with van der Waals surface area (Å²) in [5.41, 5.74) is 7.71. The minimum absolute atomic E-state index is 0.432. The number of aromatic nitrogens is 1. The lowest BCUT2D eigenvalue weighted by atomic mass is 10.3. The van der Waals surface area contributed by atoms with E-state index < -0.39 is 0 Å². The van der Waals surface area contributed by atoms with Gasteiger partial charge in [-0.15, -0.1) is 0 Å². The molecule has 0 aliphatic rings. The van der Waals surface area contributed by atoms with E-state index in [1.54, 1.807) is 12.4 Å². The van der Waals surface area contributed by atoms with E-state index in [0.717, 1.165) is 11.1 Å². The molecule has 1 aromatic rings. The molecule has 0 saturated heterocycles. The summed E-state index contributed by atoms with van der Waals surface area (Å²) in [6, 6.07) is 3.84. The van der Waals surface area contributed by atoms with E-state index in [-0.39, 0.29) is 0 Å². The molecule has 80 valence electrons. The van der Waals surface area contributed by atoms with Crippen LogP contribution < -0.4 is 11.1 Å². The Bertz CT molecular complexity index is 343. The van der Waals surface area contributed by atoms with Gasteiger partial charge in [-0.3, -0.25) is 4.98 Å². The van der Waals surface area contributed by atoms with Gasteiger partial charge in [0.05, 0.1) is 6.54 Å². The molecule has 1 aromatic heterocycles. The van der Waals surface area contributed by atoms with Gasteiger partial charge in [-0.05, 0) is 18.6 Å². The van der Waals surface area contributed by atoms with E-state index in [4.69, 9.17) is 5.73 Å². The van der Waals surface area contributed by atoms with Gasteiger partial charge in [-0.25, -0.2) is 4.99 Å². The molecule has 1 heterocycles. The molecule has 0 bridgehead atoms. The summed E-state index contributed by atoms with van der Waals surface area (Å²) in [5, 5.41) is 2.96. The normalized spacial score (nSPS) is 11.1. The smallest absolute Gasteiger partial charge is 0.189 e. The molecule has 0 radical (unpaired) electrons. The van der Waals surface area contributed by atoms with Crippen molar-refractivity contribution in [2.24, 2.45) is 10.7 Å². The Labute approximate surface area is 89.9 Å². The summed E-state index contributed by atoms with van der Waals surface area (Å²) in [6.45, 7) is 6.89. The molecule has 0 atom stereocenters. The van der Waals surface area contributed by atoms with E-state index in [2.05, 4.69) is 21.9 Å². The fourth-order valence-corrected chi connectivity index (χ4v) is 0.965. The molecular formula is C11H16N4. The third-order valence-corrected chi connectivity index (χ3v) is 1.73. The van der Waals surface area contributed by atoms with Crippen LogP contribution in [0.2, 0.25) is 0 Å². The summed E-state index contributed by atoms with van der Waals surface area (Å²) in [7, 11) is 0. The number of aliphatic imine (C=N–C) groups is 1. The Kier molecular flexibility index (Phi) is 4.34. The molecule has 0 amide bonds. The van der Waals surface area contributed by atoms with Crippen LogP contribution in [0.3, 0.4) is 0 Å². The number of nitrogens with two attached hydrogens (primary N) is 1. The van der Waals surface area contributed by atoms with Crippen LogP contribution in [0.25, 0.3) is 0 Å². The Morgan fingerprint density at radius 3 is 3.07 bits per heavy atom. The summed E-state index contributed by atoms with van der Waals surface area (Å²) >= 11 is 0. The molecule has 0 saturated carbocycles. The monoisotopic (exact) mass is 204 g/mol. The molecule has 0 aromatic carbocycles. The van der Waals surface area contributed by atoms with E-state index in [0.29, 0.717) is 19.0 Å². The number of hydrogen-bond acceptors (Lipinski definition) is 2. The molecule has 1 rings (SSSR count). The Hall–Kier alpha value is -1.84. The highest BCUT2D eigenvalue weighted by Gasteiger charge is 1.92. The second kappa shape index (κ2) is 5.80. The first-order valence-corrected chi connectivity index (χ1v) is 4.75. The van der Waals surface area contributed by atoms with Crippen molar-refractivity contribution in [1.29, 1.82) is 0 Å². The molecule has 0 spiro atoms. The number of nitrogens with one attached hydrogen (secondary N) is 1. The first-order chi connectivity index (χ1) is 7.18. The lowest BCUT2D eigenvalue weighted by molar-refractivity contribution is 0.937. The SMILES string of the molecule is C=C(C)CNC(N)=NCc1cccnc1. The van der Waals surface area contributed by atoms with Crippen molar-refractivity contribution in [1.82, 2.24) is 10.3 Å². The zero-order valence-electron chi connectivity index (χ0n) is 8.90. The highest BCUT2D eigenvalue weighted by Crippen LogP contribution is 1.96. The second-order valence-electron chi connectivity index (χ2n) is 3.37. The average Bonchev–Trinajstić information content (AvgIpc) is 2.25. The van der Waals surface area contributed by atoms with Crippen LogP contribution >= 0.6 is 0 Å². The van der Waals surface area contributed by atoms with Crippen LogP contribution in [-0.4, -0.2) is 17.5 Å². The molecule has 4 nitrogen and oxygen atoms in total. The quantitative estimate of drug-likeness (QED) is 0.438. The fraction of sp³-hybridized carbons (Fsp3) is 0.273. The van der Waals surface area contributed by atoms with Gasteiger partial charge in [0.25, 0.3) is 0 Å². The highest BCUT2D eigenvalue weighted by atomic mass is 15.1. The van der Waals surface area contributed by atoms with Gasteiger partial charge in [-0.2, -0.15) is 0 Å². The van der Waals surface area contributed by atoms with Crippen molar-refractivity contribution in [2.75, 3.05) is 6.54 Å². The maximum atomic E-state index is 5.65. The van der Waals surface area contributed by atoms with Crippen LogP contribution in [0, 0.1) is 0 Å². The number of guanidine groups is 1. The molecule has 3 N–H and O–H groups in total. The zero-order chi connectivity index (χ0) is 11.1. The summed E-state index contributed by atoms with van der Waals surface area (Å²) in [4.78, 5) is 8.16. The first-order valence-electron chi connectivity index (χ1n) is 4.75. The Balaban J connectivity index is 2.40. The van der Waals surface area contributed by atoms with Gasteiger partial charge in [0.15, 0.2) is 5.96 Å². The van der Waals surface area contributed by atoms with E-state index >= 15 is 0 Å².